The summed E-state index contributed by atoms with van der Waals surface area (Å²) in [5.41, 5.74) is 3.88. The van der Waals surface area contributed by atoms with Crippen LogP contribution in [-0.4, -0.2) is 10.2 Å². The number of nitriles is 1. The molecule has 0 saturated heterocycles. The molecular formula is C16H15BrN4. The highest BCUT2D eigenvalue weighted by molar-refractivity contribution is 9.10. The molecule has 3 rings (SSSR count). The van der Waals surface area contributed by atoms with Crippen molar-refractivity contribution in [1.82, 2.24) is 10.2 Å². The summed E-state index contributed by atoms with van der Waals surface area (Å²) < 4.78 is 1.01. The van der Waals surface area contributed by atoms with Crippen molar-refractivity contribution in [2.45, 2.75) is 25.7 Å². The van der Waals surface area contributed by atoms with Gasteiger partial charge in [0.15, 0.2) is 0 Å². The molecule has 0 radical (unpaired) electrons. The first-order valence-electron chi connectivity index (χ1n) is 6.93. The van der Waals surface area contributed by atoms with Gasteiger partial charge >= 0.3 is 0 Å². The minimum Gasteiger partial charge on any atom is -0.343 e. The van der Waals surface area contributed by atoms with Gasteiger partial charge in [0, 0.05) is 15.7 Å². The Labute approximate surface area is 132 Å². The highest BCUT2D eigenvalue weighted by atomic mass is 79.9. The standard InChI is InChI=1S/C16H15BrN4/c1-2-4-14-12(8-18)15(10-5-3-6-11(17)7-10)13-9-19-21-16(13)20-14/h3,5-7,9,15H,2,4H2,1H3,(H2,19,20,21). The summed E-state index contributed by atoms with van der Waals surface area (Å²) in [6.07, 6.45) is 3.64. The number of hydrogen-bond donors (Lipinski definition) is 2. The third kappa shape index (κ3) is 2.47. The molecule has 1 aliphatic rings. The minimum absolute atomic E-state index is 0.0657. The molecule has 2 heterocycles. The lowest BCUT2D eigenvalue weighted by Crippen LogP contribution is -2.17. The van der Waals surface area contributed by atoms with Gasteiger partial charge in [-0.25, -0.2) is 0 Å². The number of H-pyrrole nitrogens is 1. The van der Waals surface area contributed by atoms with E-state index >= 15 is 0 Å². The molecule has 5 heteroatoms. The van der Waals surface area contributed by atoms with E-state index in [1.807, 2.05) is 12.1 Å². The van der Waals surface area contributed by atoms with Crippen molar-refractivity contribution in [2.75, 3.05) is 5.32 Å². The quantitative estimate of drug-likeness (QED) is 0.873. The van der Waals surface area contributed by atoms with Crippen molar-refractivity contribution in [3.8, 4) is 6.07 Å². The van der Waals surface area contributed by atoms with Gasteiger partial charge in [0.1, 0.15) is 5.82 Å². The number of halogens is 1. The Kier molecular flexibility index (Phi) is 3.80. The van der Waals surface area contributed by atoms with E-state index in [4.69, 9.17) is 0 Å². The molecule has 1 atom stereocenters. The Morgan fingerprint density at radius 1 is 1.43 bits per heavy atom. The zero-order valence-corrected chi connectivity index (χ0v) is 13.2. The van der Waals surface area contributed by atoms with Crippen LogP contribution in [0, 0.1) is 11.3 Å². The molecule has 0 saturated carbocycles. The molecular weight excluding hydrogens is 328 g/mol. The Bertz CT molecular complexity index is 739. The van der Waals surface area contributed by atoms with Gasteiger partial charge in [-0.3, -0.25) is 5.10 Å². The number of anilines is 1. The Balaban J connectivity index is 2.17. The number of aromatic amines is 1. The summed E-state index contributed by atoms with van der Waals surface area (Å²) in [6.45, 7) is 2.11. The van der Waals surface area contributed by atoms with E-state index < -0.39 is 0 Å². The van der Waals surface area contributed by atoms with Crippen molar-refractivity contribution >= 4 is 21.7 Å². The first-order chi connectivity index (χ1) is 10.2. The van der Waals surface area contributed by atoms with E-state index in [1.165, 1.54) is 0 Å². The number of benzene rings is 1. The van der Waals surface area contributed by atoms with Crippen LogP contribution in [0.15, 0.2) is 46.2 Å². The zero-order valence-electron chi connectivity index (χ0n) is 11.7. The first-order valence-corrected chi connectivity index (χ1v) is 7.72. The summed E-state index contributed by atoms with van der Waals surface area (Å²) in [6, 6.07) is 10.5. The molecule has 0 amide bonds. The molecule has 21 heavy (non-hydrogen) atoms. The van der Waals surface area contributed by atoms with Crippen LogP contribution in [0.25, 0.3) is 0 Å². The Morgan fingerprint density at radius 2 is 2.29 bits per heavy atom. The van der Waals surface area contributed by atoms with Crippen molar-refractivity contribution in [3.05, 3.63) is 57.3 Å². The molecule has 1 unspecified atom stereocenters. The zero-order chi connectivity index (χ0) is 14.8. The maximum Gasteiger partial charge on any atom is 0.129 e. The van der Waals surface area contributed by atoms with Gasteiger partial charge in [-0.2, -0.15) is 10.4 Å². The molecule has 106 valence electrons. The van der Waals surface area contributed by atoms with Gasteiger partial charge in [-0.05, 0) is 24.1 Å². The topological polar surface area (TPSA) is 64.5 Å². The molecule has 0 bridgehead atoms. The average molecular weight is 343 g/mol. The number of rotatable bonds is 3. The molecule has 0 fully saturated rings. The number of allylic oxidation sites excluding steroid dienone is 2. The van der Waals surface area contributed by atoms with Crippen LogP contribution in [0.3, 0.4) is 0 Å². The number of nitrogens with one attached hydrogen (secondary N) is 2. The highest BCUT2D eigenvalue weighted by Gasteiger charge is 2.30. The highest BCUT2D eigenvalue weighted by Crippen LogP contribution is 2.41. The second-order valence-electron chi connectivity index (χ2n) is 5.07. The molecule has 2 N–H and O–H groups in total. The van der Waals surface area contributed by atoms with Gasteiger partial charge in [0.25, 0.3) is 0 Å². The molecule has 0 spiro atoms. The van der Waals surface area contributed by atoms with Crippen molar-refractivity contribution in [3.63, 3.8) is 0 Å². The van der Waals surface area contributed by atoms with Crippen LogP contribution in [0.4, 0.5) is 5.82 Å². The van der Waals surface area contributed by atoms with E-state index in [9.17, 15) is 5.26 Å². The number of aromatic nitrogens is 2. The lowest BCUT2D eigenvalue weighted by molar-refractivity contribution is 0.848. The second-order valence-corrected chi connectivity index (χ2v) is 5.98. The fraction of sp³-hybridized carbons (Fsp3) is 0.250. The molecule has 1 aromatic carbocycles. The van der Waals surface area contributed by atoms with Crippen LogP contribution in [0.1, 0.15) is 36.8 Å². The summed E-state index contributed by atoms with van der Waals surface area (Å²) in [5, 5.41) is 20.1. The predicted octanol–water partition coefficient (Wildman–Crippen LogP) is 4.31. The van der Waals surface area contributed by atoms with Gasteiger partial charge < -0.3 is 5.32 Å². The van der Waals surface area contributed by atoms with E-state index in [0.29, 0.717) is 0 Å². The number of nitrogens with zero attached hydrogens (tertiary/aromatic N) is 2. The van der Waals surface area contributed by atoms with Gasteiger partial charge in [0.2, 0.25) is 0 Å². The Morgan fingerprint density at radius 3 is 3.00 bits per heavy atom. The van der Waals surface area contributed by atoms with E-state index in [1.54, 1.807) is 6.20 Å². The van der Waals surface area contributed by atoms with Crippen LogP contribution in [0.2, 0.25) is 0 Å². The van der Waals surface area contributed by atoms with Crippen molar-refractivity contribution in [1.29, 1.82) is 5.26 Å². The number of fused-ring (bicyclic) bond motifs is 1. The maximum absolute atomic E-state index is 9.66. The fourth-order valence-electron chi connectivity index (χ4n) is 2.77. The van der Waals surface area contributed by atoms with Crippen molar-refractivity contribution < 1.29 is 0 Å². The predicted molar refractivity (Wildman–Crippen MR) is 85.7 cm³/mol. The summed E-state index contributed by atoms with van der Waals surface area (Å²) in [7, 11) is 0. The lowest BCUT2D eigenvalue weighted by Gasteiger charge is -2.26. The van der Waals surface area contributed by atoms with Crippen molar-refractivity contribution in [2.24, 2.45) is 0 Å². The van der Waals surface area contributed by atoms with E-state index in [2.05, 4.69) is 56.6 Å². The third-order valence-corrected chi connectivity index (χ3v) is 4.17. The minimum atomic E-state index is -0.0657. The van der Waals surface area contributed by atoms with E-state index in [-0.39, 0.29) is 5.92 Å². The van der Waals surface area contributed by atoms with Crippen LogP contribution < -0.4 is 5.32 Å². The van der Waals surface area contributed by atoms with Gasteiger partial charge in [-0.1, -0.05) is 41.4 Å². The monoisotopic (exact) mass is 342 g/mol. The molecule has 0 aliphatic carbocycles. The fourth-order valence-corrected chi connectivity index (χ4v) is 3.19. The first kappa shape index (κ1) is 13.9. The lowest BCUT2D eigenvalue weighted by atomic mass is 9.82. The number of hydrogen-bond acceptors (Lipinski definition) is 3. The molecule has 2 aromatic rings. The van der Waals surface area contributed by atoms with Crippen LogP contribution in [-0.2, 0) is 0 Å². The van der Waals surface area contributed by atoms with Gasteiger partial charge in [0.05, 0.1) is 23.8 Å². The normalized spacial score (nSPS) is 17.1. The van der Waals surface area contributed by atoms with E-state index in [0.717, 1.165) is 45.5 Å². The Hall–Kier alpha value is -2.06. The molecule has 4 nitrogen and oxygen atoms in total. The third-order valence-electron chi connectivity index (χ3n) is 3.67. The summed E-state index contributed by atoms with van der Waals surface area (Å²) >= 11 is 3.51. The molecule has 1 aromatic heterocycles. The summed E-state index contributed by atoms with van der Waals surface area (Å²) in [4.78, 5) is 0. The van der Waals surface area contributed by atoms with Gasteiger partial charge in [-0.15, -0.1) is 0 Å². The average Bonchev–Trinajstić information content (AvgIpc) is 2.94. The molecule has 1 aliphatic heterocycles. The van der Waals surface area contributed by atoms with Crippen LogP contribution in [0.5, 0.6) is 0 Å². The van der Waals surface area contributed by atoms with Crippen LogP contribution >= 0.6 is 15.9 Å². The summed E-state index contributed by atoms with van der Waals surface area (Å²) in [5.74, 6) is 0.825. The second kappa shape index (κ2) is 5.74. The SMILES string of the molecule is CCCC1=C(C#N)C(c2cccc(Br)c2)c2cn[nH]c2N1. The largest absolute Gasteiger partial charge is 0.343 e. The smallest absolute Gasteiger partial charge is 0.129 e. The maximum atomic E-state index is 9.66.